The van der Waals surface area contributed by atoms with Gasteiger partial charge in [0.2, 0.25) is 0 Å². The van der Waals surface area contributed by atoms with Crippen LogP contribution in [0.3, 0.4) is 0 Å². The van der Waals surface area contributed by atoms with Gasteiger partial charge in [0.15, 0.2) is 0 Å². The molecule has 7 nitrogen and oxygen atoms in total. The molecule has 0 amide bonds. The van der Waals surface area contributed by atoms with E-state index < -0.39 is 10.9 Å². The van der Waals surface area contributed by atoms with Gasteiger partial charge in [0, 0.05) is 43.0 Å². The first-order chi connectivity index (χ1) is 15.9. The Balaban J connectivity index is 1.79. The molecule has 2 N–H and O–H groups in total. The first-order valence-electron chi connectivity index (χ1n) is 11.8. The molecule has 0 fully saturated rings. The first-order valence-corrected chi connectivity index (χ1v) is 11.8. The molecule has 0 aliphatic heterocycles. The third-order valence-electron chi connectivity index (χ3n) is 6.03. The summed E-state index contributed by atoms with van der Waals surface area (Å²) in [5, 5.41) is 23.6. The lowest BCUT2D eigenvalue weighted by Crippen LogP contribution is -2.25. The van der Waals surface area contributed by atoms with Crippen LogP contribution in [0.2, 0.25) is 0 Å². The molecule has 0 heterocycles. The summed E-state index contributed by atoms with van der Waals surface area (Å²) >= 11 is 0. The summed E-state index contributed by atoms with van der Waals surface area (Å²) in [6, 6.07) is 9.86. The van der Waals surface area contributed by atoms with Crippen LogP contribution < -0.4 is 5.32 Å². The predicted molar refractivity (Wildman–Crippen MR) is 132 cm³/mol. The van der Waals surface area contributed by atoms with Crippen LogP contribution in [0, 0.1) is 10.1 Å². The maximum absolute atomic E-state index is 11.6. The molecule has 2 aromatic carbocycles. The molecule has 0 radical (unpaired) electrons. The predicted octanol–water partition coefficient (Wildman–Crippen LogP) is 6.62. The van der Waals surface area contributed by atoms with Crippen molar-refractivity contribution in [1.82, 2.24) is 4.90 Å². The number of unbranched alkanes of at least 4 members (excludes halogenated alkanes) is 4. The Bertz CT molecular complexity index is 1020. The highest BCUT2D eigenvalue weighted by Gasteiger charge is 2.20. The smallest absolute Gasteiger partial charge is 0.338 e. The van der Waals surface area contributed by atoms with E-state index in [0.29, 0.717) is 5.69 Å². The largest absolute Gasteiger partial charge is 0.478 e. The van der Waals surface area contributed by atoms with Crippen LogP contribution in [-0.4, -0.2) is 34.0 Å². The van der Waals surface area contributed by atoms with Gasteiger partial charge in [0.1, 0.15) is 0 Å². The summed E-state index contributed by atoms with van der Waals surface area (Å²) in [5.74, 6) is -1.21. The Labute approximate surface area is 195 Å². The summed E-state index contributed by atoms with van der Waals surface area (Å²) in [7, 11) is 0. The van der Waals surface area contributed by atoms with Gasteiger partial charge in [-0.1, -0.05) is 45.6 Å². The molecule has 0 saturated carbocycles. The normalized spacial score (nSPS) is 12.2. The van der Waals surface area contributed by atoms with Crippen molar-refractivity contribution in [1.29, 1.82) is 0 Å². The van der Waals surface area contributed by atoms with Crippen LogP contribution in [0.4, 0.5) is 17.1 Å². The second-order valence-corrected chi connectivity index (χ2v) is 8.54. The van der Waals surface area contributed by atoms with Crippen molar-refractivity contribution in [2.45, 2.75) is 58.8 Å². The molecule has 7 heteroatoms. The van der Waals surface area contributed by atoms with Crippen molar-refractivity contribution in [2.24, 2.45) is 0 Å². The molecule has 1 aliphatic rings. The van der Waals surface area contributed by atoms with Gasteiger partial charge in [-0.25, -0.2) is 4.79 Å². The van der Waals surface area contributed by atoms with Crippen LogP contribution in [0.15, 0.2) is 42.1 Å². The molecule has 0 spiro atoms. The number of anilines is 2. The number of hydrogen-bond donors (Lipinski definition) is 2. The molecule has 0 aromatic heterocycles. The lowest BCUT2D eigenvalue weighted by Gasteiger charge is -2.26. The summed E-state index contributed by atoms with van der Waals surface area (Å²) in [6.07, 6.45) is 10.4. The average molecular weight is 452 g/mol. The van der Waals surface area contributed by atoms with Gasteiger partial charge in [0.05, 0.1) is 16.2 Å². The van der Waals surface area contributed by atoms with E-state index in [-0.39, 0.29) is 11.3 Å². The fourth-order valence-electron chi connectivity index (χ4n) is 4.19. The number of rotatable bonds is 13. The minimum Gasteiger partial charge on any atom is -0.478 e. The van der Waals surface area contributed by atoms with Gasteiger partial charge in [-0.3, -0.25) is 10.1 Å². The van der Waals surface area contributed by atoms with Crippen molar-refractivity contribution in [3.63, 3.8) is 0 Å². The van der Waals surface area contributed by atoms with Crippen LogP contribution >= 0.6 is 0 Å². The molecule has 0 saturated heterocycles. The SMILES string of the molecule is CCCCCN(CCCCC)C1=Cc2cc(Nc3ccc([N+](=O)[O-])cc3C(=O)O)ccc2C1. The fraction of sp³-hybridized carbons (Fsp3) is 0.423. The minimum atomic E-state index is -1.21. The molecule has 33 heavy (non-hydrogen) atoms. The number of nitrogens with one attached hydrogen (secondary N) is 1. The number of non-ortho nitro benzene ring substituents is 1. The molecule has 2 aromatic rings. The number of carbonyl (C=O) groups is 1. The number of fused-ring (bicyclic) bond motifs is 1. The van der Waals surface area contributed by atoms with Crippen molar-refractivity contribution < 1.29 is 14.8 Å². The summed E-state index contributed by atoms with van der Waals surface area (Å²) in [4.78, 5) is 24.6. The third kappa shape index (κ3) is 6.34. The standard InChI is InChI=1S/C26H33N3O4/c1-3-5-7-13-28(14-8-6-4-2)23-16-19-9-10-21(15-20(19)17-23)27-25-12-11-22(29(32)33)18-24(25)26(30)31/h9-12,15,17-18,27H,3-8,13-14,16H2,1-2H3,(H,30,31). The maximum atomic E-state index is 11.6. The number of hydrogen-bond acceptors (Lipinski definition) is 5. The van der Waals surface area contributed by atoms with E-state index in [9.17, 15) is 20.0 Å². The van der Waals surface area contributed by atoms with E-state index in [1.54, 1.807) is 0 Å². The number of nitrogens with zero attached hydrogens (tertiary/aromatic N) is 2. The quantitative estimate of drug-likeness (QED) is 0.202. The van der Waals surface area contributed by atoms with Crippen molar-refractivity contribution >= 4 is 29.1 Å². The number of aromatic carboxylic acids is 1. The second kappa shape index (κ2) is 11.5. The van der Waals surface area contributed by atoms with Crippen molar-refractivity contribution in [2.75, 3.05) is 18.4 Å². The molecular formula is C26H33N3O4. The molecular weight excluding hydrogens is 418 g/mol. The van der Waals surface area contributed by atoms with E-state index in [4.69, 9.17) is 0 Å². The van der Waals surface area contributed by atoms with Crippen molar-refractivity contribution in [3.8, 4) is 0 Å². The number of carboxylic acid groups (broad SMARTS) is 1. The zero-order chi connectivity index (χ0) is 23.8. The van der Waals surface area contributed by atoms with E-state index in [1.807, 2.05) is 12.1 Å². The molecule has 3 rings (SSSR count). The second-order valence-electron chi connectivity index (χ2n) is 8.54. The van der Waals surface area contributed by atoms with Crippen LogP contribution in [0.1, 0.15) is 73.9 Å². The van der Waals surface area contributed by atoms with Gasteiger partial charge in [-0.15, -0.1) is 0 Å². The zero-order valence-electron chi connectivity index (χ0n) is 19.5. The first kappa shape index (κ1) is 24.3. The molecule has 0 atom stereocenters. The topological polar surface area (TPSA) is 95.7 Å². The Morgan fingerprint density at radius 1 is 1.06 bits per heavy atom. The number of nitro benzene ring substituents is 1. The number of nitro groups is 1. The Morgan fingerprint density at radius 2 is 1.76 bits per heavy atom. The van der Waals surface area contributed by atoms with E-state index in [1.165, 1.54) is 61.9 Å². The van der Waals surface area contributed by atoms with E-state index >= 15 is 0 Å². The monoisotopic (exact) mass is 451 g/mol. The van der Waals surface area contributed by atoms with Gasteiger partial charge >= 0.3 is 5.97 Å². The Hall–Kier alpha value is -3.35. The zero-order valence-corrected chi connectivity index (χ0v) is 19.5. The maximum Gasteiger partial charge on any atom is 0.338 e. The lowest BCUT2D eigenvalue weighted by atomic mass is 10.1. The lowest BCUT2D eigenvalue weighted by molar-refractivity contribution is -0.384. The van der Waals surface area contributed by atoms with Gasteiger partial charge in [-0.2, -0.15) is 0 Å². The highest BCUT2D eigenvalue weighted by molar-refractivity contribution is 5.96. The molecule has 0 bridgehead atoms. The summed E-state index contributed by atoms with van der Waals surface area (Å²) in [6.45, 7) is 6.60. The van der Waals surface area contributed by atoms with Crippen LogP contribution in [-0.2, 0) is 6.42 Å². The van der Waals surface area contributed by atoms with E-state index in [2.05, 4.69) is 36.2 Å². The van der Waals surface area contributed by atoms with E-state index in [0.717, 1.165) is 36.8 Å². The van der Waals surface area contributed by atoms with Crippen LogP contribution in [0.5, 0.6) is 0 Å². The fourth-order valence-corrected chi connectivity index (χ4v) is 4.19. The van der Waals surface area contributed by atoms with Gasteiger partial charge in [0.25, 0.3) is 5.69 Å². The van der Waals surface area contributed by atoms with Gasteiger partial charge in [-0.05, 0) is 48.2 Å². The average Bonchev–Trinajstić information content (AvgIpc) is 3.21. The Morgan fingerprint density at radius 3 is 2.36 bits per heavy atom. The number of benzene rings is 2. The number of carboxylic acids is 1. The molecule has 1 aliphatic carbocycles. The molecule has 176 valence electrons. The Kier molecular flexibility index (Phi) is 8.46. The van der Waals surface area contributed by atoms with Crippen LogP contribution in [0.25, 0.3) is 6.08 Å². The van der Waals surface area contributed by atoms with Crippen molar-refractivity contribution in [3.05, 3.63) is 68.9 Å². The minimum absolute atomic E-state index is 0.126. The highest BCUT2D eigenvalue weighted by atomic mass is 16.6. The highest BCUT2D eigenvalue weighted by Crippen LogP contribution is 2.32. The van der Waals surface area contributed by atoms with Gasteiger partial charge < -0.3 is 15.3 Å². The number of allylic oxidation sites excluding steroid dienone is 1. The molecule has 0 unspecified atom stereocenters. The summed E-state index contributed by atoms with van der Waals surface area (Å²) in [5.41, 5.74) is 4.45. The summed E-state index contributed by atoms with van der Waals surface area (Å²) < 4.78 is 0. The third-order valence-corrected chi connectivity index (χ3v) is 6.03.